The fraction of sp³-hybridized carbons (Fsp3) is 0.417. The Morgan fingerprint density at radius 3 is 2.89 bits per heavy atom. The van der Waals surface area contributed by atoms with Gasteiger partial charge in [0.05, 0.1) is 10.6 Å². The highest BCUT2D eigenvalue weighted by atomic mass is 35.5. The number of carbonyl (C=O) groups is 2. The number of rotatable bonds is 2. The summed E-state index contributed by atoms with van der Waals surface area (Å²) in [6.07, 6.45) is 2.10. The van der Waals surface area contributed by atoms with Gasteiger partial charge in [0, 0.05) is 32.3 Å². The Bertz CT molecular complexity index is 522. The molecule has 0 aliphatic carbocycles. The molecule has 2 amide bonds. The Morgan fingerprint density at radius 2 is 2.21 bits per heavy atom. The summed E-state index contributed by atoms with van der Waals surface area (Å²) in [5.74, 6) is -0.286. The molecule has 5 nitrogen and oxygen atoms in total. The van der Waals surface area contributed by atoms with Crippen LogP contribution < -0.4 is 5.32 Å². The van der Waals surface area contributed by atoms with Crippen LogP contribution >= 0.6 is 23.2 Å². The second-order valence-corrected chi connectivity index (χ2v) is 5.22. The van der Waals surface area contributed by atoms with Crippen LogP contribution in [0.5, 0.6) is 0 Å². The summed E-state index contributed by atoms with van der Waals surface area (Å²) in [6, 6.07) is 1.45. The van der Waals surface area contributed by atoms with Crippen LogP contribution in [0.2, 0.25) is 10.2 Å². The van der Waals surface area contributed by atoms with Crippen LogP contribution in [0.4, 0.5) is 0 Å². The SMILES string of the molecule is CC(=O)NC1CCN(C(=O)c2cc(Cl)ncc2Cl)C1. The number of hydrogen-bond acceptors (Lipinski definition) is 3. The lowest BCUT2D eigenvalue weighted by atomic mass is 10.2. The first-order valence-corrected chi connectivity index (χ1v) is 6.60. The van der Waals surface area contributed by atoms with Gasteiger partial charge in [0.2, 0.25) is 5.91 Å². The third kappa shape index (κ3) is 3.36. The van der Waals surface area contributed by atoms with Crippen LogP contribution in [0.3, 0.4) is 0 Å². The topological polar surface area (TPSA) is 62.3 Å². The minimum atomic E-state index is -0.192. The highest BCUT2D eigenvalue weighted by molar-refractivity contribution is 6.35. The van der Waals surface area contributed by atoms with Crippen molar-refractivity contribution in [2.45, 2.75) is 19.4 Å². The van der Waals surface area contributed by atoms with E-state index in [0.29, 0.717) is 18.7 Å². The molecule has 2 rings (SSSR count). The van der Waals surface area contributed by atoms with Crippen LogP contribution in [0.15, 0.2) is 12.3 Å². The van der Waals surface area contributed by atoms with Crippen molar-refractivity contribution in [3.05, 3.63) is 28.0 Å². The number of amides is 2. The van der Waals surface area contributed by atoms with E-state index in [1.54, 1.807) is 4.90 Å². The van der Waals surface area contributed by atoms with Gasteiger partial charge in [-0.2, -0.15) is 0 Å². The molecule has 0 aromatic carbocycles. The normalized spacial score (nSPS) is 18.5. The standard InChI is InChI=1S/C12H13Cl2N3O2/c1-7(18)16-8-2-3-17(6-8)12(19)9-4-11(14)15-5-10(9)13/h4-5,8H,2-3,6H2,1H3,(H,16,18). The van der Waals surface area contributed by atoms with E-state index in [0.717, 1.165) is 6.42 Å². The van der Waals surface area contributed by atoms with E-state index in [9.17, 15) is 9.59 Å². The van der Waals surface area contributed by atoms with Crippen molar-refractivity contribution < 1.29 is 9.59 Å². The van der Waals surface area contributed by atoms with Crippen LogP contribution in [0.1, 0.15) is 23.7 Å². The van der Waals surface area contributed by atoms with E-state index in [4.69, 9.17) is 23.2 Å². The molecule has 1 atom stereocenters. The predicted octanol–water partition coefficient (Wildman–Crippen LogP) is 1.74. The van der Waals surface area contributed by atoms with Crippen molar-refractivity contribution in [2.24, 2.45) is 0 Å². The summed E-state index contributed by atoms with van der Waals surface area (Å²) in [5, 5.41) is 3.30. The quantitative estimate of drug-likeness (QED) is 0.846. The molecule has 1 aliphatic rings. The number of nitrogens with one attached hydrogen (secondary N) is 1. The average Bonchev–Trinajstić information content (AvgIpc) is 2.79. The van der Waals surface area contributed by atoms with Gasteiger partial charge in [0.1, 0.15) is 5.15 Å². The number of likely N-dealkylation sites (tertiary alicyclic amines) is 1. The lowest BCUT2D eigenvalue weighted by Gasteiger charge is -2.17. The van der Waals surface area contributed by atoms with E-state index in [1.807, 2.05) is 0 Å². The van der Waals surface area contributed by atoms with Crippen molar-refractivity contribution in [3.8, 4) is 0 Å². The van der Waals surface area contributed by atoms with E-state index in [1.165, 1.54) is 19.2 Å². The van der Waals surface area contributed by atoms with E-state index < -0.39 is 0 Å². The molecule has 0 saturated carbocycles. The molecular weight excluding hydrogens is 289 g/mol. The van der Waals surface area contributed by atoms with Crippen molar-refractivity contribution in [3.63, 3.8) is 0 Å². The fourth-order valence-electron chi connectivity index (χ4n) is 2.10. The molecule has 1 unspecified atom stereocenters. The second-order valence-electron chi connectivity index (χ2n) is 4.42. The zero-order valence-corrected chi connectivity index (χ0v) is 11.8. The Labute approximate surface area is 120 Å². The van der Waals surface area contributed by atoms with Gasteiger partial charge in [0.25, 0.3) is 5.91 Å². The predicted molar refractivity (Wildman–Crippen MR) is 72.4 cm³/mol. The molecule has 0 spiro atoms. The number of nitrogens with zero attached hydrogens (tertiary/aromatic N) is 2. The third-order valence-electron chi connectivity index (χ3n) is 2.94. The van der Waals surface area contributed by atoms with Crippen LogP contribution in [0.25, 0.3) is 0 Å². The zero-order chi connectivity index (χ0) is 14.0. The molecule has 7 heteroatoms. The smallest absolute Gasteiger partial charge is 0.255 e. The third-order valence-corrected chi connectivity index (χ3v) is 3.44. The van der Waals surface area contributed by atoms with Gasteiger partial charge in [-0.3, -0.25) is 9.59 Å². The molecule has 2 heterocycles. The van der Waals surface area contributed by atoms with Gasteiger partial charge in [-0.1, -0.05) is 23.2 Å². The summed E-state index contributed by atoms with van der Waals surface area (Å²) < 4.78 is 0. The van der Waals surface area contributed by atoms with Gasteiger partial charge in [0.15, 0.2) is 0 Å². The summed E-state index contributed by atoms with van der Waals surface area (Å²) in [5.41, 5.74) is 0.338. The molecule has 1 aliphatic heterocycles. The monoisotopic (exact) mass is 301 g/mol. The first-order chi connectivity index (χ1) is 8.97. The first-order valence-electron chi connectivity index (χ1n) is 5.85. The number of hydrogen-bond donors (Lipinski definition) is 1. The minimum absolute atomic E-state index is 0.00228. The summed E-state index contributed by atoms with van der Waals surface area (Å²) in [6.45, 7) is 2.53. The van der Waals surface area contributed by atoms with Crippen LogP contribution in [-0.4, -0.2) is 40.8 Å². The summed E-state index contributed by atoms with van der Waals surface area (Å²) >= 11 is 11.7. The Morgan fingerprint density at radius 1 is 1.47 bits per heavy atom. The van der Waals surface area contributed by atoms with Crippen molar-refractivity contribution in [1.82, 2.24) is 15.2 Å². The maximum Gasteiger partial charge on any atom is 0.255 e. The number of aromatic nitrogens is 1. The van der Waals surface area contributed by atoms with E-state index in [-0.39, 0.29) is 28.0 Å². The molecule has 0 radical (unpaired) electrons. The molecule has 1 N–H and O–H groups in total. The Balaban J connectivity index is 2.09. The van der Waals surface area contributed by atoms with Gasteiger partial charge < -0.3 is 10.2 Å². The lowest BCUT2D eigenvalue weighted by Crippen LogP contribution is -2.37. The van der Waals surface area contributed by atoms with Gasteiger partial charge in [-0.05, 0) is 12.5 Å². The lowest BCUT2D eigenvalue weighted by molar-refractivity contribution is -0.119. The van der Waals surface area contributed by atoms with Gasteiger partial charge in [-0.25, -0.2) is 4.98 Å². The van der Waals surface area contributed by atoms with Gasteiger partial charge in [-0.15, -0.1) is 0 Å². The maximum absolute atomic E-state index is 12.3. The molecule has 19 heavy (non-hydrogen) atoms. The first kappa shape index (κ1) is 14.1. The van der Waals surface area contributed by atoms with Crippen LogP contribution in [0, 0.1) is 0 Å². The number of pyridine rings is 1. The average molecular weight is 302 g/mol. The minimum Gasteiger partial charge on any atom is -0.352 e. The molecule has 1 saturated heterocycles. The molecule has 1 aromatic rings. The Kier molecular flexibility index (Phi) is 4.27. The van der Waals surface area contributed by atoms with E-state index >= 15 is 0 Å². The summed E-state index contributed by atoms with van der Waals surface area (Å²) in [7, 11) is 0. The fourth-order valence-corrected chi connectivity index (χ4v) is 2.44. The highest BCUT2D eigenvalue weighted by Crippen LogP contribution is 2.22. The van der Waals surface area contributed by atoms with Gasteiger partial charge >= 0.3 is 0 Å². The largest absolute Gasteiger partial charge is 0.352 e. The van der Waals surface area contributed by atoms with Crippen molar-refractivity contribution >= 4 is 35.0 Å². The molecule has 1 aromatic heterocycles. The van der Waals surface area contributed by atoms with Crippen molar-refractivity contribution in [1.29, 1.82) is 0 Å². The number of halogens is 2. The molecule has 1 fully saturated rings. The highest BCUT2D eigenvalue weighted by Gasteiger charge is 2.28. The molecule has 0 bridgehead atoms. The zero-order valence-electron chi connectivity index (χ0n) is 10.3. The molecular formula is C12H13Cl2N3O2. The second kappa shape index (κ2) is 5.75. The Hall–Kier alpha value is -1.33. The summed E-state index contributed by atoms with van der Waals surface area (Å²) in [4.78, 5) is 28.7. The molecule has 102 valence electrons. The maximum atomic E-state index is 12.3. The van der Waals surface area contributed by atoms with Crippen LogP contribution in [-0.2, 0) is 4.79 Å². The van der Waals surface area contributed by atoms with Crippen molar-refractivity contribution in [2.75, 3.05) is 13.1 Å². The van der Waals surface area contributed by atoms with E-state index in [2.05, 4.69) is 10.3 Å². The number of carbonyl (C=O) groups excluding carboxylic acids is 2.